The van der Waals surface area contributed by atoms with E-state index >= 15 is 0 Å². The number of amidine groups is 1. The fourth-order valence-electron chi connectivity index (χ4n) is 6.62. The average Bonchev–Trinajstić information content (AvgIpc) is 3.75. The number of amides is 2. The van der Waals surface area contributed by atoms with Crippen LogP contribution in [0.4, 0.5) is 9.18 Å². The number of urea groups is 1. The molecule has 2 aromatic rings. The Morgan fingerprint density at radius 2 is 2.07 bits per heavy atom. The number of halogens is 2. The van der Waals surface area contributed by atoms with Gasteiger partial charge in [-0.25, -0.2) is 19.0 Å². The molecule has 1 aromatic heterocycles. The summed E-state index contributed by atoms with van der Waals surface area (Å²) in [6, 6.07) is 2.97. The molecule has 43 heavy (non-hydrogen) atoms. The number of fused-ring (bicyclic) bond motifs is 1. The number of ether oxygens (including phenoxy) is 1. The highest BCUT2D eigenvalue weighted by atomic mass is 35.5. The first-order chi connectivity index (χ1) is 20.8. The Labute approximate surface area is 257 Å². The van der Waals surface area contributed by atoms with Crippen LogP contribution in [0.15, 0.2) is 46.0 Å². The standard InChI is InChI=1S/C29H32ClFN6O5S/c1-2-42-28(40)22-20(33-25(26-32-9-12-43-26)34-24(22)18-6-3-7-19(31)23(18)30)15-35-10-11-36-16(13-35)14-37(29(36)41)21-8-4-5-17(21)27(38)39/h3,6-7,9,12,16-17,21,24H,2,4-5,8,10-11,13-15H2,1H3,(H,33,34)(H,38,39)/t16-,17+,21+,24-/m0/s1. The number of carbonyl (C=O) groups excluding carboxylic acids is 2. The summed E-state index contributed by atoms with van der Waals surface area (Å²) in [6.45, 7) is 4.15. The quantitative estimate of drug-likeness (QED) is 0.424. The van der Waals surface area contributed by atoms with Crippen LogP contribution in [0.5, 0.6) is 0 Å². The van der Waals surface area contributed by atoms with Crippen LogP contribution in [0.3, 0.4) is 0 Å². The summed E-state index contributed by atoms with van der Waals surface area (Å²) < 4.78 is 20.1. The van der Waals surface area contributed by atoms with E-state index in [1.54, 1.807) is 24.1 Å². The van der Waals surface area contributed by atoms with E-state index in [-0.39, 0.29) is 35.3 Å². The van der Waals surface area contributed by atoms with E-state index in [1.165, 1.54) is 23.5 Å². The average molecular weight is 631 g/mol. The second kappa shape index (κ2) is 12.2. The molecule has 1 aliphatic carbocycles. The maximum atomic E-state index is 14.6. The van der Waals surface area contributed by atoms with Crippen molar-refractivity contribution in [3.8, 4) is 0 Å². The molecule has 3 aliphatic heterocycles. The van der Waals surface area contributed by atoms with E-state index in [1.807, 2.05) is 10.3 Å². The van der Waals surface area contributed by atoms with Crippen molar-refractivity contribution in [2.75, 3.05) is 39.3 Å². The lowest BCUT2D eigenvalue weighted by molar-refractivity contribution is -0.143. The van der Waals surface area contributed by atoms with Crippen LogP contribution in [-0.4, -0.2) is 100 Å². The SMILES string of the molecule is CCOC(=O)C1=C(CN2CCN3C(=O)N([C@@H]4CCC[C@H]4C(=O)O)C[C@@H]3C2)NC(c2nccs2)=N[C@H]1c1cccc(F)c1Cl. The Kier molecular flexibility index (Phi) is 8.38. The first-order valence-electron chi connectivity index (χ1n) is 14.4. The van der Waals surface area contributed by atoms with Crippen molar-refractivity contribution in [1.29, 1.82) is 0 Å². The van der Waals surface area contributed by atoms with Crippen molar-refractivity contribution in [3.63, 3.8) is 0 Å². The van der Waals surface area contributed by atoms with E-state index in [4.69, 9.17) is 21.3 Å². The smallest absolute Gasteiger partial charge is 0.338 e. The largest absolute Gasteiger partial charge is 0.481 e. The van der Waals surface area contributed by atoms with Gasteiger partial charge < -0.3 is 25.0 Å². The molecule has 6 rings (SSSR count). The maximum absolute atomic E-state index is 14.6. The Morgan fingerprint density at radius 3 is 2.81 bits per heavy atom. The van der Waals surface area contributed by atoms with Gasteiger partial charge in [-0.2, -0.15) is 0 Å². The molecule has 2 amide bonds. The zero-order valence-electron chi connectivity index (χ0n) is 23.5. The third kappa shape index (κ3) is 5.61. The number of aliphatic carboxylic acids is 1. The Hall–Kier alpha value is -3.55. The van der Waals surface area contributed by atoms with Gasteiger partial charge in [0.25, 0.3) is 0 Å². The van der Waals surface area contributed by atoms with Gasteiger partial charge in [-0.15, -0.1) is 11.3 Å². The lowest BCUT2D eigenvalue weighted by Crippen LogP contribution is -2.53. The summed E-state index contributed by atoms with van der Waals surface area (Å²) in [4.78, 5) is 53.5. The molecule has 0 spiro atoms. The number of hydrogen-bond acceptors (Lipinski definition) is 9. The summed E-state index contributed by atoms with van der Waals surface area (Å²) >= 11 is 7.79. The zero-order valence-corrected chi connectivity index (χ0v) is 25.1. The van der Waals surface area contributed by atoms with Crippen molar-refractivity contribution in [2.45, 2.75) is 44.3 Å². The van der Waals surface area contributed by atoms with Gasteiger partial charge in [-0.3, -0.25) is 14.7 Å². The summed E-state index contributed by atoms with van der Waals surface area (Å²) in [5.74, 6) is -2.16. The molecule has 0 bridgehead atoms. The summed E-state index contributed by atoms with van der Waals surface area (Å²) in [5, 5.41) is 15.3. The van der Waals surface area contributed by atoms with E-state index in [0.29, 0.717) is 67.7 Å². The number of esters is 1. The van der Waals surface area contributed by atoms with Gasteiger partial charge in [0.05, 0.1) is 29.2 Å². The van der Waals surface area contributed by atoms with E-state index in [0.717, 1.165) is 6.42 Å². The van der Waals surface area contributed by atoms with Crippen LogP contribution < -0.4 is 5.32 Å². The first kappa shape index (κ1) is 29.5. The van der Waals surface area contributed by atoms with E-state index in [9.17, 15) is 23.9 Å². The molecular weight excluding hydrogens is 599 g/mol. The fraction of sp³-hybridized carbons (Fsp3) is 0.483. The van der Waals surface area contributed by atoms with Gasteiger partial charge in [0.1, 0.15) is 11.9 Å². The molecule has 228 valence electrons. The number of carboxylic acid groups (broad SMARTS) is 1. The van der Waals surface area contributed by atoms with Gasteiger partial charge in [0.2, 0.25) is 0 Å². The molecule has 0 unspecified atom stereocenters. The molecular formula is C29H32ClFN6O5S. The van der Waals surface area contributed by atoms with Gasteiger partial charge in [0, 0.05) is 61.6 Å². The highest BCUT2D eigenvalue weighted by Gasteiger charge is 2.48. The number of carbonyl (C=O) groups is 3. The zero-order chi connectivity index (χ0) is 30.2. The molecule has 14 heteroatoms. The van der Waals surface area contributed by atoms with Crippen LogP contribution in [0.2, 0.25) is 5.02 Å². The van der Waals surface area contributed by atoms with Crippen molar-refractivity contribution in [3.05, 3.63) is 62.5 Å². The van der Waals surface area contributed by atoms with E-state index in [2.05, 4.69) is 15.2 Å². The molecule has 4 atom stereocenters. The highest BCUT2D eigenvalue weighted by molar-refractivity contribution is 7.11. The minimum absolute atomic E-state index is 0.107. The van der Waals surface area contributed by atoms with Gasteiger partial charge in [-0.1, -0.05) is 30.2 Å². The molecule has 4 heterocycles. The van der Waals surface area contributed by atoms with Gasteiger partial charge in [-0.05, 0) is 25.8 Å². The molecule has 1 saturated carbocycles. The van der Waals surface area contributed by atoms with Crippen LogP contribution in [0.25, 0.3) is 0 Å². The van der Waals surface area contributed by atoms with Crippen molar-refractivity contribution >= 4 is 46.7 Å². The van der Waals surface area contributed by atoms with Crippen molar-refractivity contribution < 1.29 is 28.6 Å². The number of aliphatic imine (C=N–C) groups is 1. The first-order valence-corrected chi connectivity index (χ1v) is 15.6. The predicted molar refractivity (Wildman–Crippen MR) is 157 cm³/mol. The molecule has 4 aliphatic rings. The van der Waals surface area contributed by atoms with Crippen LogP contribution in [-0.2, 0) is 14.3 Å². The minimum atomic E-state index is -0.933. The summed E-state index contributed by atoms with van der Waals surface area (Å²) in [6.07, 6.45) is 3.71. The third-order valence-corrected chi connectivity index (χ3v) is 9.76. The highest BCUT2D eigenvalue weighted by Crippen LogP contribution is 2.38. The number of hydrogen-bond donors (Lipinski definition) is 2. The number of rotatable bonds is 8. The molecule has 1 aromatic carbocycles. The number of carboxylic acids is 1. The number of thiazole rings is 1. The number of nitrogens with zero attached hydrogens (tertiary/aromatic N) is 5. The molecule has 3 fully saturated rings. The van der Waals surface area contributed by atoms with Crippen molar-refractivity contribution in [1.82, 2.24) is 25.0 Å². The van der Waals surface area contributed by atoms with Crippen LogP contribution in [0, 0.1) is 11.7 Å². The Balaban J connectivity index is 1.30. The number of aromatic nitrogens is 1. The monoisotopic (exact) mass is 630 g/mol. The number of benzene rings is 1. The van der Waals surface area contributed by atoms with Gasteiger partial charge >= 0.3 is 18.0 Å². The second-order valence-corrected chi connectivity index (χ2v) is 12.3. The lowest BCUT2D eigenvalue weighted by atomic mass is 9.95. The third-order valence-electron chi connectivity index (χ3n) is 8.58. The number of piperazine rings is 1. The molecule has 2 saturated heterocycles. The predicted octanol–water partition coefficient (Wildman–Crippen LogP) is 3.52. The molecule has 0 radical (unpaired) electrons. The second-order valence-electron chi connectivity index (χ2n) is 11.1. The van der Waals surface area contributed by atoms with Crippen LogP contribution >= 0.6 is 22.9 Å². The molecule has 2 N–H and O–H groups in total. The lowest BCUT2D eigenvalue weighted by Gasteiger charge is -2.38. The minimum Gasteiger partial charge on any atom is -0.481 e. The summed E-state index contributed by atoms with van der Waals surface area (Å²) in [7, 11) is 0. The Bertz CT molecular complexity index is 1490. The normalized spacial score (nSPS) is 25.9. The summed E-state index contributed by atoms with van der Waals surface area (Å²) in [5.41, 5.74) is 1.11. The fourth-order valence-corrected chi connectivity index (χ4v) is 7.44. The van der Waals surface area contributed by atoms with Crippen molar-refractivity contribution in [2.24, 2.45) is 10.9 Å². The van der Waals surface area contributed by atoms with Crippen LogP contribution in [0.1, 0.15) is 42.8 Å². The Morgan fingerprint density at radius 1 is 1.23 bits per heavy atom. The van der Waals surface area contributed by atoms with E-state index < -0.39 is 29.7 Å². The topological polar surface area (TPSA) is 128 Å². The molecule has 11 nitrogen and oxygen atoms in total. The number of nitrogens with one attached hydrogen (secondary N) is 1. The van der Waals surface area contributed by atoms with Gasteiger partial charge in [0.15, 0.2) is 10.8 Å². The maximum Gasteiger partial charge on any atom is 0.338 e.